The van der Waals surface area contributed by atoms with Gasteiger partial charge in [0.25, 0.3) is 0 Å². The smallest absolute Gasteiger partial charge is 0.122 e. The van der Waals surface area contributed by atoms with Crippen molar-refractivity contribution in [3.63, 3.8) is 0 Å². The third-order valence-electron chi connectivity index (χ3n) is 17.7. The van der Waals surface area contributed by atoms with Crippen LogP contribution in [0.2, 0.25) is 0 Å². The second-order valence-corrected chi connectivity index (χ2v) is 23.9. The molecule has 101 heavy (non-hydrogen) atoms. The summed E-state index contributed by atoms with van der Waals surface area (Å²) in [4.78, 5) is 2.66. The first kappa shape index (κ1) is 63.2. The number of ether oxygens (including phenoxy) is 3. The molecule has 18 heteroatoms. The molecular weight excluding hydrogens is 1260 g/mol. The van der Waals surface area contributed by atoms with Crippen molar-refractivity contribution >= 4 is 30.0 Å². The second kappa shape index (κ2) is 28.1. The van der Waals surface area contributed by atoms with E-state index >= 15 is 0 Å². The van der Waals surface area contributed by atoms with E-state index < -0.39 is 0 Å². The van der Waals surface area contributed by atoms with Crippen LogP contribution in [-0.4, -0.2) is 81.3 Å². The zero-order valence-corrected chi connectivity index (χ0v) is 55.6. The van der Waals surface area contributed by atoms with E-state index in [0.29, 0.717) is 5.69 Å². The summed E-state index contributed by atoms with van der Waals surface area (Å²) in [7, 11) is 4.98. The maximum absolute atomic E-state index is 8.05. The minimum atomic E-state index is 0.660. The van der Waals surface area contributed by atoms with Crippen LogP contribution in [0.25, 0.3) is 148 Å². The van der Waals surface area contributed by atoms with Gasteiger partial charge in [0.05, 0.1) is 44.1 Å². The summed E-state index contributed by atoms with van der Waals surface area (Å²) in [5.74, 6) is 2.35. The van der Waals surface area contributed by atoms with Crippen molar-refractivity contribution in [3.05, 3.63) is 311 Å². The van der Waals surface area contributed by atoms with Crippen molar-refractivity contribution in [2.24, 2.45) is 5.11 Å². The van der Waals surface area contributed by atoms with Crippen molar-refractivity contribution in [2.45, 2.75) is 13.8 Å². The Morgan fingerprint density at radius 3 is 0.782 bits per heavy atom. The Morgan fingerprint density at radius 1 is 0.287 bits per heavy atom. The van der Waals surface area contributed by atoms with Gasteiger partial charge in [-0.1, -0.05) is 243 Å². The predicted molar refractivity (Wildman–Crippen MR) is 398 cm³/mol. The molecule has 15 aromatic rings. The maximum atomic E-state index is 8.05. The number of benzene rings is 11. The number of rotatable bonds is 8. The van der Waals surface area contributed by atoms with Gasteiger partial charge in [-0.2, -0.15) is 0 Å². The largest absolute Gasteiger partial charge is 0.497 e. The summed E-state index contributed by atoms with van der Waals surface area (Å²) >= 11 is 0. The molecule has 0 N–H and O–H groups in total. The molecule has 0 amide bonds. The van der Waals surface area contributed by atoms with Crippen molar-refractivity contribution in [1.29, 1.82) is 0 Å². The van der Waals surface area contributed by atoms with E-state index in [1.165, 1.54) is 27.8 Å². The first-order valence-corrected chi connectivity index (χ1v) is 32.6. The number of hydrogen-bond donors (Lipinski definition) is 0. The van der Waals surface area contributed by atoms with Crippen LogP contribution in [0.1, 0.15) is 33.4 Å². The van der Waals surface area contributed by atoms with E-state index in [1.807, 2.05) is 159 Å². The monoisotopic (exact) mass is 1320 g/mol. The van der Waals surface area contributed by atoms with Gasteiger partial charge in [0.2, 0.25) is 0 Å². The van der Waals surface area contributed by atoms with Gasteiger partial charge in [-0.3, -0.25) is 0 Å². The molecule has 0 radical (unpaired) electrons. The highest BCUT2D eigenvalue weighted by atomic mass is 16.5. The molecule has 0 saturated heterocycles. The molecule has 488 valence electrons. The van der Waals surface area contributed by atoms with Gasteiger partial charge in [0.1, 0.15) is 62.8 Å². The van der Waals surface area contributed by atoms with Gasteiger partial charge in [0.15, 0.2) is 0 Å². The predicted octanol–water partition coefficient (Wildman–Crippen LogP) is 19.3. The molecule has 18 nitrogen and oxygen atoms in total. The SMILES string of the molecule is C1=Cc2ccccc2/C=C\c2ccccc21.COc1ccc(-n2nnc3c2-c2ccccc2-c2c(nnn2-c2ccc(OC)cc2)-c2ccccc2-3)cc1.COc1ccc(-n2nnc3c2-c2ccccc2-c2nnn(-c4ccc(C)cc4)c2-c2ccccc2-3)cc1.Cc1ccc(N=[N+]=[N-])cc1. The fraction of sp³-hybridized carbons (Fsp3) is 0.0602. The first-order chi connectivity index (χ1) is 49.7. The summed E-state index contributed by atoms with van der Waals surface area (Å²) < 4.78 is 23.7. The van der Waals surface area contributed by atoms with Crippen LogP contribution in [0.4, 0.5) is 5.69 Å². The summed E-state index contributed by atoms with van der Waals surface area (Å²) in [6.07, 6.45) is 8.71. The van der Waals surface area contributed by atoms with E-state index in [2.05, 4.69) is 194 Å². The Balaban J connectivity index is 0.000000122. The molecule has 0 spiro atoms. The van der Waals surface area contributed by atoms with Crippen LogP contribution in [0.15, 0.2) is 272 Å². The Kier molecular flexibility index (Phi) is 17.6. The summed E-state index contributed by atoms with van der Waals surface area (Å²) in [5, 5.41) is 40.8. The lowest BCUT2D eigenvalue weighted by atomic mass is 9.89. The molecule has 0 bridgehead atoms. The number of azide groups is 1. The maximum Gasteiger partial charge on any atom is 0.122 e. The lowest BCUT2D eigenvalue weighted by Crippen LogP contribution is -2.05. The Hall–Kier alpha value is -13.8. The topological polar surface area (TPSA) is 199 Å². The molecule has 0 saturated carbocycles. The third kappa shape index (κ3) is 12.5. The van der Waals surface area contributed by atoms with Gasteiger partial charge in [-0.25, -0.2) is 18.7 Å². The second-order valence-electron chi connectivity index (χ2n) is 23.9. The van der Waals surface area contributed by atoms with Crippen LogP contribution in [0, 0.1) is 13.8 Å². The number of nitrogens with zero attached hydrogens (tertiary/aromatic N) is 15. The summed E-state index contributed by atoms with van der Waals surface area (Å²) in [6.45, 7) is 4.06. The van der Waals surface area contributed by atoms with Crippen LogP contribution in [-0.2, 0) is 0 Å². The summed E-state index contributed by atoms with van der Waals surface area (Å²) in [5.41, 5.74) is 34.4. The van der Waals surface area contributed by atoms with E-state index in [4.69, 9.17) is 29.9 Å². The number of hydrogen-bond acceptors (Lipinski definition) is 12. The van der Waals surface area contributed by atoms with Crippen molar-refractivity contribution in [2.75, 3.05) is 21.3 Å². The van der Waals surface area contributed by atoms with Crippen LogP contribution in [0.5, 0.6) is 17.2 Å². The van der Waals surface area contributed by atoms with E-state index in [1.54, 1.807) is 33.5 Å². The molecule has 0 aliphatic heterocycles. The number of aryl methyl sites for hydroxylation is 2. The quantitative estimate of drug-likeness (QED) is 0.0796. The minimum Gasteiger partial charge on any atom is -0.497 e. The average Bonchev–Trinajstić information content (AvgIpc) is 1.64. The highest BCUT2D eigenvalue weighted by molar-refractivity contribution is 6.01. The first-order valence-electron chi connectivity index (χ1n) is 32.6. The van der Waals surface area contributed by atoms with Gasteiger partial charge in [-0.15, -0.1) is 20.4 Å². The molecule has 4 heterocycles. The minimum absolute atomic E-state index is 0.660. The van der Waals surface area contributed by atoms with Crippen LogP contribution >= 0.6 is 0 Å². The molecular formula is C83H63N15O3. The molecule has 0 atom stereocenters. The van der Waals surface area contributed by atoms with Gasteiger partial charge < -0.3 is 14.2 Å². The third-order valence-corrected chi connectivity index (χ3v) is 17.7. The van der Waals surface area contributed by atoms with Crippen molar-refractivity contribution < 1.29 is 14.2 Å². The van der Waals surface area contributed by atoms with E-state index in [9.17, 15) is 0 Å². The fourth-order valence-electron chi connectivity index (χ4n) is 12.6. The van der Waals surface area contributed by atoms with Gasteiger partial charge >= 0.3 is 0 Å². The molecule has 18 rings (SSSR count). The average molecular weight is 1320 g/mol. The molecule has 11 aromatic carbocycles. The normalized spacial score (nSPS) is 11.7. The van der Waals surface area contributed by atoms with E-state index in [-0.39, 0.29) is 0 Å². The zero-order valence-electron chi connectivity index (χ0n) is 55.6. The molecule has 0 fully saturated rings. The Bertz CT molecular complexity index is 5390. The van der Waals surface area contributed by atoms with E-state index in [0.717, 1.165) is 136 Å². The van der Waals surface area contributed by atoms with Crippen LogP contribution < -0.4 is 14.2 Å². The standard InChI is InChI=1S/C30H22N6O2.C30H22N6O.C16H12.C7H7N3/c1-37-21-15-11-19(12-16-21)35-29-25-9-5-6-10-26(25)30-28(24-8-4-3-7-23(24)27(29)31-33-35)32-34-36(30)20-13-17-22(38-2)18-14-20;1-19-11-13-20(14-12-19)35-29-25-9-5-3-7-23(25)28-30(26-10-6-4-8-24(26)27(29)31-33-35)36(34-32-28)21-15-17-22(37-2)18-16-21;1-2-6-14-11-12-16-8-4-3-7-15(16)10-9-13(14)5-1;1-6-2-4-7(5-3-6)9-10-8/h3-18H,1-2H3;3-18H,1-2H3;1-12H;2-5H,1H3/b;;10-9-,12-11?,13-9?,14-11?,15-10?,16-12?;. The van der Waals surface area contributed by atoms with Crippen molar-refractivity contribution in [3.8, 4) is 130 Å². The highest BCUT2D eigenvalue weighted by Gasteiger charge is 2.33. The Morgan fingerprint density at radius 2 is 0.515 bits per heavy atom. The lowest BCUT2D eigenvalue weighted by molar-refractivity contribution is 0.414. The molecule has 3 aliphatic rings. The fourth-order valence-corrected chi connectivity index (χ4v) is 12.6. The molecule has 3 aliphatic carbocycles. The number of methoxy groups -OCH3 is 3. The van der Waals surface area contributed by atoms with Crippen molar-refractivity contribution in [1.82, 2.24) is 60.0 Å². The summed E-state index contributed by atoms with van der Waals surface area (Å²) in [6, 6.07) is 88.9. The van der Waals surface area contributed by atoms with Crippen LogP contribution in [0.3, 0.4) is 0 Å². The zero-order chi connectivity index (χ0) is 68.8. The number of aromatic nitrogens is 12. The van der Waals surface area contributed by atoms with Gasteiger partial charge in [-0.05, 0) is 127 Å². The molecule has 4 aromatic heterocycles. The number of fused-ring (bicyclic) bond motifs is 18. The highest BCUT2D eigenvalue weighted by Crippen LogP contribution is 2.49. The van der Waals surface area contributed by atoms with Gasteiger partial charge in [0, 0.05) is 55.1 Å². The molecule has 0 unspecified atom stereocenters. The lowest BCUT2D eigenvalue weighted by Gasteiger charge is -2.19. The Labute approximate surface area is 582 Å².